The average molecular weight is 309 g/mol. The smallest absolute Gasteiger partial charge is 0.202 e. The molecule has 2 heterocycles. The van der Waals surface area contributed by atoms with Gasteiger partial charge in [-0.3, -0.25) is 9.59 Å². The molecule has 0 bridgehead atoms. The van der Waals surface area contributed by atoms with Crippen LogP contribution in [0.2, 0.25) is 0 Å². The van der Waals surface area contributed by atoms with Crippen LogP contribution in [-0.4, -0.2) is 17.1 Å². The minimum Gasteiger partial charge on any atom is -0.356 e. The largest absolute Gasteiger partial charge is 0.356 e. The summed E-state index contributed by atoms with van der Waals surface area (Å²) in [5.41, 5.74) is 3.39. The number of thiophene rings is 1. The molecule has 3 aromatic rings. The van der Waals surface area contributed by atoms with Gasteiger partial charge in [-0.25, -0.2) is 0 Å². The fourth-order valence-electron chi connectivity index (χ4n) is 2.26. The molecule has 110 valence electrons. The van der Waals surface area contributed by atoms with Crippen molar-refractivity contribution in [1.82, 2.24) is 4.98 Å². The van der Waals surface area contributed by atoms with Gasteiger partial charge in [-0.2, -0.15) is 0 Å². The van der Waals surface area contributed by atoms with Crippen LogP contribution in [-0.2, 0) is 6.42 Å². The summed E-state index contributed by atoms with van der Waals surface area (Å²) in [6.45, 7) is 2.00. The topological polar surface area (TPSA) is 49.9 Å². The number of hydrogen-bond acceptors (Lipinski definition) is 3. The standard InChI is InChI=1S/C18H15NO2S/c1-12-2-4-13(5-3-12)18(21)17-9-8-16(22-17)10-14-6-7-15(11-20)19-14/h2-9,11,19H,10H2,1H3. The number of aryl methyl sites for hydroxylation is 1. The molecule has 0 aliphatic rings. The van der Waals surface area contributed by atoms with Crippen molar-refractivity contribution >= 4 is 23.4 Å². The van der Waals surface area contributed by atoms with E-state index in [-0.39, 0.29) is 5.78 Å². The van der Waals surface area contributed by atoms with Crippen LogP contribution in [0.25, 0.3) is 0 Å². The molecule has 3 rings (SSSR count). The molecule has 4 heteroatoms. The summed E-state index contributed by atoms with van der Waals surface area (Å²) >= 11 is 1.49. The summed E-state index contributed by atoms with van der Waals surface area (Å²) in [5.74, 6) is 0.0521. The number of rotatable bonds is 5. The second-order valence-electron chi connectivity index (χ2n) is 5.19. The Kier molecular flexibility index (Phi) is 4.02. The van der Waals surface area contributed by atoms with Crippen molar-refractivity contribution in [3.63, 3.8) is 0 Å². The third kappa shape index (κ3) is 3.07. The first kappa shape index (κ1) is 14.5. The van der Waals surface area contributed by atoms with E-state index in [0.29, 0.717) is 17.7 Å². The Labute approximate surface area is 132 Å². The number of aromatic amines is 1. The van der Waals surface area contributed by atoms with E-state index in [2.05, 4.69) is 4.98 Å². The molecule has 0 radical (unpaired) electrons. The minimum atomic E-state index is 0.0521. The molecule has 0 fully saturated rings. The van der Waals surface area contributed by atoms with Crippen molar-refractivity contribution in [2.45, 2.75) is 13.3 Å². The van der Waals surface area contributed by atoms with Crippen LogP contribution in [0.5, 0.6) is 0 Å². The Bertz CT molecular complexity index is 812. The molecule has 0 atom stereocenters. The Morgan fingerprint density at radius 1 is 1.09 bits per heavy atom. The highest BCUT2D eigenvalue weighted by atomic mass is 32.1. The molecule has 22 heavy (non-hydrogen) atoms. The SMILES string of the molecule is Cc1ccc(C(=O)c2ccc(Cc3ccc(C=O)[nH]3)s2)cc1. The molecule has 0 amide bonds. The quantitative estimate of drug-likeness (QED) is 0.571. The van der Waals surface area contributed by atoms with E-state index in [1.807, 2.05) is 49.4 Å². The number of nitrogens with one attached hydrogen (secondary N) is 1. The van der Waals surface area contributed by atoms with Crippen LogP contribution in [0.15, 0.2) is 48.5 Å². The number of ketones is 1. The number of aldehydes is 1. The first-order valence-electron chi connectivity index (χ1n) is 6.99. The van der Waals surface area contributed by atoms with Crippen molar-refractivity contribution in [2.75, 3.05) is 0 Å². The number of aromatic nitrogens is 1. The summed E-state index contributed by atoms with van der Waals surface area (Å²) in [6.07, 6.45) is 1.49. The Morgan fingerprint density at radius 2 is 1.86 bits per heavy atom. The molecule has 0 spiro atoms. The van der Waals surface area contributed by atoms with Crippen molar-refractivity contribution in [2.24, 2.45) is 0 Å². The molecule has 1 N–H and O–H groups in total. The van der Waals surface area contributed by atoms with E-state index in [4.69, 9.17) is 0 Å². The van der Waals surface area contributed by atoms with Crippen LogP contribution in [0, 0.1) is 6.92 Å². The summed E-state index contributed by atoms with van der Waals surface area (Å²) in [5, 5.41) is 0. The predicted molar refractivity (Wildman–Crippen MR) is 87.9 cm³/mol. The second-order valence-corrected chi connectivity index (χ2v) is 6.36. The van der Waals surface area contributed by atoms with Gasteiger partial charge in [-0.1, -0.05) is 29.8 Å². The monoisotopic (exact) mass is 309 g/mol. The molecule has 2 aromatic heterocycles. The van der Waals surface area contributed by atoms with Crippen molar-refractivity contribution < 1.29 is 9.59 Å². The van der Waals surface area contributed by atoms with Crippen molar-refractivity contribution in [3.8, 4) is 0 Å². The first-order chi connectivity index (χ1) is 10.7. The lowest BCUT2D eigenvalue weighted by Gasteiger charge is -1.99. The maximum Gasteiger partial charge on any atom is 0.202 e. The maximum absolute atomic E-state index is 12.4. The number of benzene rings is 1. The molecule has 0 saturated carbocycles. The second kappa shape index (κ2) is 6.12. The summed E-state index contributed by atoms with van der Waals surface area (Å²) in [6, 6.07) is 15.1. The van der Waals surface area contributed by atoms with Gasteiger partial charge < -0.3 is 4.98 Å². The van der Waals surface area contributed by atoms with E-state index in [9.17, 15) is 9.59 Å². The lowest BCUT2D eigenvalue weighted by molar-refractivity contribution is 0.104. The predicted octanol–water partition coefficient (Wildman–Crippen LogP) is 4.02. The van der Waals surface area contributed by atoms with Gasteiger partial charge in [0.2, 0.25) is 5.78 Å². The number of carbonyl (C=O) groups is 2. The summed E-state index contributed by atoms with van der Waals surface area (Å²) in [7, 11) is 0. The van der Waals surface area contributed by atoms with Crippen LogP contribution < -0.4 is 0 Å². The maximum atomic E-state index is 12.4. The van der Waals surface area contributed by atoms with Gasteiger partial charge in [0, 0.05) is 22.6 Å². The number of H-pyrrole nitrogens is 1. The minimum absolute atomic E-state index is 0.0521. The highest BCUT2D eigenvalue weighted by molar-refractivity contribution is 7.14. The lowest BCUT2D eigenvalue weighted by Crippen LogP contribution is -1.97. The van der Waals surface area contributed by atoms with Crippen molar-refractivity contribution in [1.29, 1.82) is 0 Å². The third-order valence-electron chi connectivity index (χ3n) is 3.46. The van der Waals surface area contributed by atoms with Crippen LogP contribution in [0.1, 0.15) is 41.9 Å². The average Bonchev–Trinajstić information content (AvgIpc) is 3.17. The normalized spacial score (nSPS) is 10.6. The molecular weight excluding hydrogens is 294 g/mol. The number of carbonyl (C=O) groups excluding carboxylic acids is 2. The van der Waals surface area contributed by atoms with Gasteiger partial charge in [0.05, 0.1) is 10.6 Å². The third-order valence-corrected chi connectivity index (χ3v) is 4.54. The first-order valence-corrected chi connectivity index (χ1v) is 7.80. The van der Waals surface area contributed by atoms with Crippen LogP contribution in [0.3, 0.4) is 0 Å². The molecular formula is C18H15NO2S. The fourth-order valence-corrected chi connectivity index (χ4v) is 3.25. The van der Waals surface area contributed by atoms with Gasteiger partial charge in [-0.15, -0.1) is 11.3 Å². The van der Waals surface area contributed by atoms with Gasteiger partial charge in [-0.05, 0) is 31.2 Å². The zero-order valence-electron chi connectivity index (χ0n) is 12.1. The Hall–Kier alpha value is -2.46. The highest BCUT2D eigenvalue weighted by Crippen LogP contribution is 2.22. The summed E-state index contributed by atoms with van der Waals surface area (Å²) in [4.78, 5) is 28.0. The van der Waals surface area contributed by atoms with Gasteiger partial charge in [0.25, 0.3) is 0 Å². The Morgan fingerprint density at radius 3 is 2.55 bits per heavy atom. The van der Waals surface area contributed by atoms with E-state index in [1.54, 1.807) is 6.07 Å². The fraction of sp³-hybridized carbons (Fsp3) is 0.111. The van der Waals surface area contributed by atoms with E-state index in [1.165, 1.54) is 11.3 Å². The highest BCUT2D eigenvalue weighted by Gasteiger charge is 2.12. The summed E-state index contributed by atoms with van der Waals surface area (Å²) < 4.78 is 0. The van der Waals surface area contributed by atoms with Crippen LogP contribution >= 0.6 is 11.3 Å². The van der Waals surface area contributed by atoms with Gasteiger partial charge >= 0.3 is 0 Å². The zero-order valence-corrected chi connectivity index (χ0v) is 12.9. The molecule has 1 aromatic carbocycles. The Balaban J connectivity index is 1.76. The molecule has 0 aliphatic carbocycles. The molecule has 0 saturated heterocycles. The van der Waals surface area contributed by atoms with Crippen LogP contribution in [0.4, 0.5) is 0 Å². The number of hydrogen-bond donors (Lipinski definition) is 1. The molecule has 3 nitrogen and oxygen atoms in total. The van der Waals surface area contributed by atoms with Crippen molar-refractivity contribution in [3.05, 3.63) is 80.8 Å². The lowest BCUT2D eigenvalue weighted by atomic mass is 10.1. The van der Waals surface area contributed by atoms with Gasteiger partial charge in [0.1, 0.15) is 0 Å². The zero-order chi connectivity index (χ0) is 15.5. The van der Waals surface area contributed by atoms with E-state index < -0.39 is 0 Å². The van der Waals surface area contributed by atoms with E-state index in [0.717, 1.165) is 27.3 Å². The van der Waals surface area contributed by atoms with Gasteiger partial charge in [0.15, 0.2) is 6.29 Å². The van der Waals surface area contributed by atoms with E-state index >= 15 is 0 Å². The molecule has 0 aliphatic heterocycles. The molecule has 0 unspecified atom stereocenters.